The van der Waals surface area contributed by atoms with Gasteiger partial charge in [-0.25, -0.2) is 4.98 Å². The number of aromatic amines is 1. The SMILES string of the molecule is Cc1cc(=O)[nH]c(C2CCN(CC3CC3)C2)n1. The molecule has 1 aromatic heterocycles. The van der Waals surface area contributed by atoms with E-state index in [9.17, 15) is 4.79 Å². The summed E-state index contributed by atoms with van der Waals surface area (Å²) in [6, 6.07) is 1.56. The Morgan fingerprint density at radius 2 is 2.29 bits per heavy atom. The lowest BCUT2D eigenvalue weighted by molar-refractivity contribution is 0.319. The summed E-state index contributed by atoms with van der Waals surface area (Å²) < 4.78 is 0. The fourth-order valence-corrected chi connectivity index (χ4v) is 2.68. The molecule has 0 bridgehead atoms. The van der Waals surface area contributed by atoms with E-state index >= 15 is 0 Å². The van der Waals surface area contributed by atoms with Crippen LogP contribution in [0.25, 0.3) is 0 Å². The summed E-state index contributed by atoms with van der Waals surface area (Å²) in [5.41, 5.74) is 0.803. The molecule has 92 valence electrons. The smallest absolute Gasteiger partial charge is 0.251 e. The topological polar surface area (TPSA) is 49.0 Å². The predicted octanol–water partition coefficient (Wildman–Crippen LogP) is 1.28. The molecule has 0 amide bonds. The van der Waals surface area contributed by atoms with E-state index in [1.807, 2.05) is 6.92 Å². The first-order valence-electron chi connectivity index (χ1n) is 6.51. The Morgan fingerprint density at radius 1 is 1.47 bits per heavy atom. The molecule has 1 saturated carbocycles. The molecule has 4 nitrogen and oxygen atoms in total. The number of nitrogens with zero attached hydrogens (tertiary/aromatic N) is 2. The second-order valence-corrected chi connectivity index (χ2v) is 5.46. The molecule has 1 aromatic rings. The fourth-order valence-electron chi connectivity index (χ4n) is 2.68. The van der Waals surface area contributed by atoms with E-state index in [0.717, 1.165) is 36.9 Å². The lowest BCUT2D eigenvalue weighted by Crippen LogP contribution is -2.23. The largest absolute Gasteiger partial charge is 0.310 e. The zero-order valence-corrected chi connectivity index (χ0v) is 10.3. The van der Waals surface area contributed by atoms with Crippen molar-refractivity contribution >= 4 is 0 Å². The molecule has 3 rings (SSSR count). The first kappa shape index (κ1) is 11.0. The maximum absolute atomic E-state index is 11.4. The van der Waals surface area contributed by atoms with Crippen molar-refractivity contribution in [2.45, 2.75) is 32.1 Å². The number of aromatic nitrogens is 2. The van der Waals surface area contributed by atoms with Gasteiger partial charge in [-0.2, -0.15) is 0 Å². The summed E-state index contributed by atoms with van der Waals surface area (Å²) in [7, 11) is 0. The maximum Gasteiger partial charge on any atom is 0.251 e. The third-order valence-corrected chi connectivity index (χ3v) is 3.76. The molecule has 1 N–H and O–H groups in total. The average molecular weight is 233 g/mol. The highest BCUT2D eigenvalue weighted by atomic mass is 16.1. The van der Waals surface area contributed by atoms with Crippen molar-refractivity contribution in [3.05, 3.63) is 27.9 Å². The summed E-state index contributed by atoms with van der Waals surface area (Å²) in [5, 5.41) is 0. The maximum atomic E-state index is 11.4. The first-order chi connectivity index (χ1) is 8.20. The number of hydrogen-bond acceptors (Lipinski definition) is 3. The van der Waals surface area contributed by atoms with E-state index in [0.29, 0.717) is 5.92 Å². The number of rotatable bonds is 3. The number of nitrogens with one attached hydrogen (secondary N) is 1. The van der Waals surface area contributed by atoms with Crippen molar-refractivity contribution in [1.29, 1.82) is 0 Å². The Balaban J connectivity index is 1.70. The Labute approximate surface area is 101 Å². The van der Waals surface area contributed by atoms with E-state index in [2.05, 4.69) is 14.9 Å². The zero-order valence-electron chi connectivity index (χ0n) is 10.3. The molecule has 0 spiro atoms. The van der Waals surface area contributed by atoms with E-state index < -0.39 is 0 Å². The third kappa shape index (κ3) is 2.57. The van der Waals surface area contributed by atoms with Crippen LogP contribution in [0.5, 0.6) is 0 Å². The number of likely N-dealkylation sites (tertiary alicyclic amines) is 1. The Kier molecular flexibility index (Phi) is 2.74. The molecule has 2 aliphatic rings. The predicted molar refractivity (Wildman–Crippen MR) is 66.1 cm³/mol. The second-order valence-electron chi connectivity index (χ2n) is 5.46. The highest BCUT2D eigenvalue weighted by molar-refractivity contribution is 5.07. The Hall–Kier alpha value is -1.16. The standard InChI is InChI=1S/C13H19N3O/c1-9-6-12(17)15-13(14-9)11-4-5-16(8-11)7-10-2-3-10/h6,10-11H,2-5,7-8H2,1H3,(H,14,15,17). The molecule has 4 heteroatoms. The summed E-state index contributed by atoms with van der Waals surface area (Å²) in [6.45, 7) is 5.34. The van der Waals surface area contributed by atoms with E-state index in [1.54, 1.807) is 6.07 Å². The van der Waals surface area contributed by atoms with Crippen molar-refractivity contribution in [2.75, 3.05) is 19.6 Å². The van der Waals surface area contributed by atoms with Crippen LogP contribution in [-0.4, -0.2) is 34.5 Å². The van der Waals surface area contributed by atoms with Crippen LogP contribution in [0, 0.1) is 12.8 Å². The van der Waals surface area contributed by atoms with Gasteiger partial charge in [-0.05, 0) is 38.6 Å². The van der Waals surface area contributed by atoms with Crippen LogP contribution in [0.1, 0.15) is 36.7 Å². The van der Waals surface area contributed by atoms with Gasteiger partial charge in [-0.3, -0.25) is 4.79 Å². The minimum atomic E-state index is -0.0202. The molecule has 17 heavy (non-hydrogen) atoms. The van der Waals surface area contributed by atoms with Gasteiger partial charge in [0.25, 0.3) is 5.56 Å². The molecule has 2 heterocycles. The van der Waals surface area contributed by atoms with Gasteiger partial charge in [0.1, 0.15) is 5.82 Å². The molecule has 1 atom stereocenters. The molecule has 1 unspecified atom stereocenters. The molecule has 0 radical (unpaired) electrons. The van der Waals surface area contributed by atoms with Gasteiger partial charge in [0.05, 0.1) is 0 Å². The average Bonchev–Trinajstić information content (AvgIpc) is 2.93. The summed E-state index contributed by atoms with van der Waals surface area (Å²) in [4.78, 5) is 21.3. The van der Waals surface area contributed by atoms with Gasteiger partial charge < -0.3 is 9.88 Å². The van der Waals surface area contributed by atoms with E-state index in [4.69, 9.17) is 0 Å². The van der Waals surface area contributed by atoms with E-state index in [-0.39, 0.29) is 5.56 Å². The zero-order chi connectivity index (χ0) is 11.8. The molecular formula is C13H19N3O. The first-order valence-corrected chi connectivity index (χ1v) is 6.51. The fraction of sp³-hybridized carbons (Fsp3) is 0.692. The summed E-state index contributed by atoms with van der Waals surface area (Å²) >= 11 is 0. The quantitative estimate of drug-likeness (QED) is 0.855. The number of H-pyrrole nitrogens is 1. The molecule has 0 aromatic carbocycles. The highest BCUT2D eigenvalue weighted by Gasteiger charge is 2.30. The number of aryl methyl sites for hydroxylation is 1. The minimum absolute atomic E-state index is 0.0202. The van der Waals surface area contributed by atoms with Gasteiger partial charge in [-0.1, -0.05) is 0 Å². The van der Waals surface area contributed by atoms with Crippen LogP contribution in [0.3, 0.4) is 0 Å². The Bertz CT molecular complexity index is 464. The summed E-state index contributed by atoms with van der Waals surface area (Å²) in [6.07, 6.45) is 3.93. The van der Waals surface area contributed by atoms with Gasteiger partial charge in [0, 0.05) is 30.8 Å². The van der Waals surface area contributed by atoms with Crippen molar-refractivity contribution < 1.29 is 0 Å². The van der Waals surface area contributed by atoms with Crippen LogP contribution in [0.4, 0.5) is 0 Å². The monoisotopic (exact) mass is 233 g/mol. The van der Waals surface area contributed by atoms with Crippen molar-refractivity contribution in [1.82, 2.24) is 14.9 Å². The lowest BCUT2D eigenvalue weighted by Gasteiger charge is -2.15. The van der Waals surface area contributed by atoms with Gasteiger partial charge in [0.2, 0.25) is 0 Å². The van der Waals surface area contributed by atoms with Crippen molar-refractivity contribution in [3.63, 3.8) is 0 Å². The summed E-state index contributed by atoms with van der Waals surface area (Å²) in [5.74, 6) is 2.24. The van der Waals surface area contributed by atoms with Gasteiger partial charge in [0.15, 0.2) is 0 Å². The third-order valence-electron chi connectivity index (χ3n) is 3.76. The van der Waals surface area contributed by atoms with Crippen LogP contribution >= 0.6 is 0 Å². The van der Waals surface area contributed by atoms with E-state index in [1.165, 1.54) is 19.4 Å². The highest BCUT2D eigenvalue weighted by Crippen LogP contribution is 2.33. The lowest BCUT2D eigenvalue weighted by atomic mass is 10.1. The molecular weight excluding hydrogens is 214 g/mol. The normalized spacial score (nSPS) is 25.4. The van der Waals surface area contributed by atoms with Gasteiger partial charge in [-0.15, -0.1) is 0 Å². The second kappa shape index (κ2) is 4.26. The molecule has 2 fully saturated rings. The van der Waals surface area contributed by atoms with Gasteiger partial charge >= 0.3 is 0 Å². The molecule has 1 saturated heterocycles. The minimum Gasteiger partial charge on any atom is -0.310 e. The molecule has 1 aliphatic carbocycles. The Morgan fingerprint density at radius 3 is 3.00 bits per heavy atom. The van der Waals surface area contributed by atoms with Crippen LogP contribution in [0.2, 0.25) is 0 Å². The van der Waals surface area contributed by atoms with Crippen molar-refractivity contribution in [3.8, 4) is 0 Å². The van der Waals surface area contributed by atoms with Crippen molar-refractivity contribution in [2.24, 2.45) is 5.92 Å². The van der Waals surface area contributed by atoms with Crippen LogP contribution in [0.15, 0.2) is 10.9 Å². The molecule has 1 aliphatic heterocycles. The van der Waals surface area contributed by atoms with Crippen LogP contribution < -0.4 is 5.56 Å². The van der Waals surface area contributed by atoms with Crippen LogP contribution in [-0.2, 0) is 0 Å². The number of hydrogen-bond donors (Lipinski definition) is 1.